The molecule has 0 aliphatic carbocycles. The van der Waals surface area contributed by atoms with E-state index in [0.717, 1.165) is 48.8 Å². The Labute approximate surface area is 171 Å². The van der Waals surface area contributed by atoms with Crippen molar-refractivity contribution in [1.82, 2.24) is 0 Å². The van der Waals surface area contributed by atoms with Crippen molar-refractivity contribution in [3.8, 4) is 0 Å². The lowest BCUT2D eigenvalue weighted by Crippen LogP contribution is -2.03. The van der Waals surface area contributed by atoms with Crippen molar-refractivity contribution in [1.29, 1.82) is 0 Å². The molecule has 0 saturated heterocycles. The van der Waals surface area contributed by atoms with Gasteiger partial charge in [0.1, 0.15) is 0 Å². The molecule has 0 radical (unpaired) electrons. The molecule has 28 heavy (non-hydrogen) atoms. The zero-order valence-electron chi connectivity index (χ0n) is 18.3. The standard InChI is InChI=1S/C26H36O2/c1-6-7-8-19-28-26(27)20-23(5)25-17-15-24(16-18-25)14-10-13-22(4)12-9-11-21(2)3/h10-11,13-18,20H,6-9,12,19H2,1-5H3. The summed E-state index contributed by atoms with van der Waals surface area (Å²) in [5.41, 5.74) is 5.85. The largest absolute Gasteiger partial charge is 0.463 e. The number of hydrogen-bond donors (Lipinski definition) is 0. The van der Waals surface area contributed by atoms with Gasteiger partial charge in [-0.05, 0) is 63.7 Å². The van der Waals surface area contributed by atoms with Crippen LogP contribution in [0.5, 0.6) is 0 Å². The van der Waals surface area contributed by atoms with Crippen LogP contribution in [0.15, 0.2) is 59.7 Å². The van der Waals surface area contributed by atoms with Crippen molar-refractivity contribution >= 4 is 17.6 Å². The Morgan fingerprint density at radius 2 is 1.75 bits per heavy atom. The van der Waals surface area contributed by atoms with Crippen molar-refractivity contribution in [3.05, 3.63) is 70.8 Å². The maximum atomic E-state index is 11.9. The van der Waals surface area contributed by atoms with Crippen LogP contribution in [0.4, 0.5) is 0 Å². The lowest BCUT2D eigenvalue weighted by molar-refractivity contribution is -0.137. The minimum absolute atomic E-state index is 0.258. The molecule has 0 unspecified atom stereocenters. The average Bonchev–Trinajstić information content (AvgIpc) is 2.65. The third-order valence-corrected chi connectivity index (χ3v) is 4.45. The molecule has 0 aliphatic rings. The van der Waals surface area contributed by atoms with Gasteiger partial charge in [-0.15, -0.1) is 0 Å². The molecule has 0 aromatic heterocycles. The fraction of sp³-hybridized carbons (Fsp3) is 0.423. The van der Waals surface area contributed by atoms with E-state index in [0.29, 0.717) is 6.61 Å². The summed E-state index contributed by atoms with van der Waals surface area (Å²) < 4.78 is 5.24. The molecule has 0 fully saturated rings. The van der Waals surface area contributed by atoms with Crippen LogP contribution in [0.1, 0.15) is 77.8 Å². The topological polar surface area (TPSA) is 26.3 Å². The van der Waals surface area contributed by atoms with Gasteiger partial charge in [0, 0.05) is 6.08 Å². The second-order valence-electron chi connectivity index (χ2n) is 7.52. The van der Waals surface area contributed by atoms with Crippen molar-refractivity contribution < 1.29 is 9.53 Å². The van der Waals surface area contributed by atoms with Gasteiger partial charge >= 0.3 is 5.97 Å². The predicted molar refractivity (Wildman–Crippen MR) is 122 cm³/mol. The number of esters is 1. The number of rotatable bonds is 11. The molecule has 2 nitrogen and oxygen atoms in total. The molecule has 1 aromatic rings. The summed E-state index contributed by atoms with van der Waals surface area (Å²) in [7, 11) is 0. The van der Waals surface area contributed by atoms with Crippen LogP contribution in [0.25, 0.3) is 11.6 Å². The van der Waals surface area contributed by atoms with Crippen LogP contribution >= 0.6 is 0 Å². The van der Waals surface area contributed by atoms with Crippen LogP contribution in [0.2, 0.25) is 0 Å². The maximum absolute atomic E-state index is 11.9. The molecule has 0 spiro atoms. The first-order chi connectivity index (χ1) is 13.4. The Hall–Kier alpha value is -2.35. The fourth-order valence-electron chi connectivity index (χ4n) is 2.68. The normalized spacial score (nSPS) is 12.3. The second-order valence-corrected chi connectivity index (χ2v) is 7.52. The van der Waals surface area contributed by atoms with Crippen molar-refractivity contribution in [2.75, 3.05) is 6.61 Å². The van der Waals surface area contributed by atoms with Crippen LogP contribution in [-0.4, -0.2) is 12.6 Å². The molecule has 152 valence electrons. The van der Waals surface area contributed by atoms with Crippen molar-refractivity contribution in [2.45, 2.75) is 66.7 Å². The van der Waals surface area contributed by atoms with Gasteiger partial charge < -0.3 is 4.74 Å². The second kappa shape index (κ2) is 13.8. The Morgan fingerprint density at radius 3 is 2.39 bits per heavy atom. The van der Waals surface area contributed by atoms with E-state index in [1.165, 1.54) is 11.1 Å². The number of unbranched alkanes of at least 4 members (excludes halogenated alkanes) is 2. The molecule has 0 aliphatic heterocycles. The van der Waals surface area contributed by atoms with Gasteiger partial charge in [0.05, 0.1) is 6.61 Å². The summed E-state index contributed by atoms with van der Waals surface area (Å²) in [5.74, 6) is -0.258. The molecule has 0 amide bonds. The van der Waals surface area contributed by atoms with Gasteiger partial charge in [0.25, 0.3) is 0 Å². The van der Waals surface area contributed by atoms with Gasteiger partial charge in [-0.2, -0.15) is 0 Å². The zero-order chi connectivity index (χ0) is 20.8. The molecular weight excluding hydrogens is 344 g/mol. The van der Waals surface area contributed by atoms with Gasteiger partial charge in [0.2, 0.25) is 0 Å². The Bertz CT molecular complexity index is 711. The molecular formula is C26H36O2. The summed E-state index contributed by atoms with van der Waals surface area (Å²) in [4.78, 5) is 11.9. The van der Waals surface area contributed by atoms with E-state index in [-0.39, 0.29) is 5.97 Å². The lowest BCUT2D eigenvalue weighted by Gasteiger charge is -2.04. The molecule has 2 heteroatoms. The number of carbonyl (C=O) groups is 1. The number of allylic oxidation sites excluding steroid dienone is 6. The van der Waals surface area contributed by atoms with E-state index in [9.17, 15) is 4.79 Å². The van der Waals surface area contributed by atoms with Crippen molar-refractivity contribution in [2.24, 2.45) is 0 Å². The lowest BCUT2D eigenvalue weighted by atomic mass is 10.0. The first-order valence-electron chi connectivity index (χ1n) is 10.3. The zero-order valence-corrected chi connectivity index (χ0v) is 18.3. The van der Waals surface area contributed by atoms with Crippen LogP contribution in [-0.2, 0) is 9.53 Å². The van der Waals surface area contributed by atoms with E-state index in [2.05, 4.69) is 64.1 Å². The highest BCUT2D eigenvalue weighted by molar-refractivity contribution is 5.90. The van der Waals surface area contributed by atoms with Crippen LogP contribution in [0.3, 0.4) is 0 Å². The van der Waals surface area contributed by atoms with E-state index in [1.807, 2.05) is 19.1 Å². The molecule has 1 rings (SSSR count). The first-order valence-corrected chi connectivity index (χ1v) is 10.3. The van der Waals surface area contributed by atoms with E-state index < -0.39 is 0 Å². The molecule has 0 atom stereocenters. The highest BCUT2D eigenvalue weighted by Gasteiger charge is 2.02. The average molecular weight is 381 g/mol. The third-order valence-electron chi connectivity index (χ3n) is 4.45. The molecule has 1 aromatic carbocycles. The van der Waals surface area contributed by atoms with E-state index in [1.54, 1.807) is 6.08 Å². The molecule has 0 N–H and O–H groups in total. The molecule has 0 bridgehead atoms. The van der Waals surface area contributed by atoms with Crippen LogP contribution < -0.4 is 0 Å². The summed E-state index contributed by atoms with van der Waals surface area (Å²) >= 11 is 0. The fourth-order valence-corrected chi connectivity index (χ4v) is 2.68. The quantitative estimate of drug-likeness (QED) is 0.130. The monoisotopic (exact) mass is 380 g/mol. The van der Waals surface area contributed by atoms with Gasteiger partial charge in [-0.3, -0.25) is 0 Å². The Morgan fingerprint density at radius 1 is 1.04 bits per heavy atom. The Balaban J connectivity index is 2.56. The molecule has 0 heterocycles. The van der Waals surface area contributed by atoms with Crippen molar-refractivity contribution in [3.63, 3.8) is 0 Å². The van der Waals surface area contributed by atoms with Gasteiger partial charge in [0.15, 0.2) is 0 Å². The minimum atomic E-state index is -0.258. The summed E-state index contributed by atoms with van der Waals surface area (Å²) in [6, 6.07) is 8.23. The van der Waals surface area contributed by atoms with Crippen LogP contribution in [0, 0.1) is 0 Å². The predicted octanol–water partition coefficient (Wildman–Crippen LogP) is 7.53. The van der Waals surface area contributed by atoms with Gasteiger partial charge in [-0.1, -0.05) is 79.5 Å². The van der Waals surface area contributed by atoms with E-state index >= 15 is 0 Å². The SMILES string of the molecule is CCCCCOC(=O)C=C(C)c1ccc(C=CC=C(C)CCC=C(C)C)cc1. The van der Waals surface area contributed by atoms with E-state index in [4.69, 9.17) is 4.74 Å². The summed E-state index contributed by atoms with van der Waals surface area (Å²) in [6.45, 7) is 11.0. The smallest absolute Gasteiger partial charge is 0.331 e. The number of carbonyl (C=O) groups excluding carboxylic acids is 1. The molecule has 0 saturated carbocycles. The number of benzene rings is 1. The summed E-state index contributed by atoms with van der Waals surface area (Å²) in [5, 5.41) is 0. The highest BCUT2D eigenvalue weighted by Crippen LogP contribution is 2.16. The summed E-state index contributed by atoms with van der Waals surface area (Å²) in [6.07, 6.45) is 15.6. The number of hydrogen-bond acceptors (Lipinski definition) is 2. The Kier molecular flexibility index (Phi) is 11.6. The van der Waals surface area contributed by atoms with Gasteiger partial charge in [-0.25, -0.2) is 4.79 Å². The maximum Gasteiger partial charge on any atom is 0.331 e. The minimum Gasteiger partial charge on any atom is -0.463 e. The third kappa shape index (κ3) is 10.7. The number of ether oxygens (including phenoxy) is 1. The highest BCUT2D eigenvalue weighted by atomic mass is 16.5. The first kappa shape index (κ1) is 23.7.